The molecule has 0 bridgehead atoms. The average molecular weight is 441 g/mol. The van der Waals surface area contributed by atoms with Gasteiger partial charge in [-0.15, -0.1) is 0 Å². The Morgan fingerprint density at radius 2 is 1.67 bits per heavy atom. The van der Waals surface area contributed by atoms with Crippen molar-refractivity contribution in [1.82, 2.24) is 10.9 Å². The van der Waals surface area contributed by atoms with E-state index in [9.17, 15) is 9.59 Å². The van der Waals surface area contributed by atoms with Crippen molar-refractivity contribution < 1.29 is 19.1 Å². The van der Waals surface area contributed by atoms with E-state index < -0.39 is 11.9 Å². The number of carbonyl (C=O) groups is 2. The fourth-order valence-electron chi connectivity index (χ4n) is 1.90. The Labute approximate surface area is 152 Å². The van der Waals surface area contributed by atoms with Crippen LogP contribution in [-0.4, -0.2) is 26.2 Å². The minimum absolute atomic E-state index is 0.400. The van der Waals surface area contributed by atoms with Gasteiger partial charge in [0.2, 0.25) is 0 Å². The third kappa shape index (κ3) is 4.51. The van der Waals surface area contributed by atoms with E-state index in [0.717, 1.165) is 3.57 Å². The van der Waals surface area contributed by atoms with Crippen molar-refractivity contribution in [2.75, 3.05) is 19.5 Å². The normalized spacial score (nSPS) is 9.79. The number of anilines is 1. The molecule has 0 atom stereocenters. The summed E-state index contributed by atoms with van der Waals surface area (Å²) in [6.45, 7) is 0. The van der Waals surface area contributed by atoms with Crippen LogP contribution in [0.1, 0.15) is 10.4 Å². The summed E-state index contributed by atoms with van der Waals surface area (Å²) in [5.74, 6) is 0.635. The van der Waals surface area contributed by atoms with Crippen molar-refractivity contribution in [2.24, 2.45) is 0 Å². The predicted molar refractivity (Wildman–Crippen MR) is 98.3 cm³/mol. The van der Waals surface area contributed by atoms with Gasteiger partial charge in [0.05, 0.1) is 19.8 Å². The second-order valence-electron chi connectivity index (χ2n) is 4.58. The molecule has 8 heteroatoms. The van der Waals surface area contributed by atoms with E-state index in [-0.39, 0.29) is 0 Å². The monoisotopic (exact) mass is 441 g/mol. The standard InChI is InChI=1S/C16H16IN3O4/c1-23-13-8-7-10(9-14(13)24-2)18-16(22)20-19-15(21)11-5-3-4-6-12(11)17/h3-9H,1-2H3,(H,19,21)(H2,18,20,22). The molecule has 0 radical (unpaired) electrons. The number of hydrazine groups is 1. The van der Waals surface area contributed by atoms with Gasteiger partial charge < -0.3 is 14.8 Å². The molecule has 2 rings (SSSR count). The van der Waals surface area contributed by atoms with E-state index in [1.54, 1.807) is 36.4 Å². The second kappa shape index (κ2) is 8.39. The number of hydrogen-bond acceptors (Lipinski definition) is 4. The highest BCUT2D eigenvalue weighted by Gasteiger charge is 2.11. The number of amides is 3. The highest BCUT2D eigenvalue weighted by Crippen LogP contribution is 2.29. The minimum atomic E-state index is -0.582. The zero-order valence-corrected chi connectivity index (χ0v) is 15.2. The number of urea groups is 1. The molecule has 3 N–H and O–H groups in total. The van der Waals surface area contributed by atoms with Gasteiger partial charge in [0, 0.05) is 15.3 Å². The number of carbonyl (C=O) groups excluding carboxylic acids is 2. The SMILES string of the molecule is COc1ccc(NC(=O)NNC(=O)c2ccccc2I)cc1OC. The van der Waals surface area contributed by atoms with Crippen LogP contribution < -0.4 is 25.6 Å². The minimum Gasteiger partial charge on any atom is -0.493 e. The molecule has 0 aromatic heterocycles. The van der Waals surface area contributed by atoms with Crippen LogP contribution in [0.4, 0.5) is 10.5 Å². The fraction of sp³-hybridized carbons (Fsp3) is 0.125. The molecular weight excluding hydrogens is 425 g/mol. The van der Waals surface area contributed by atoms with E-state index in [0.29, 0.717) is 22.7 Å². The number of methoxy groups -OCH3 is 2. The number of benzene rings is 2. The molecular formula is C16H16IN3O4. The predicted octanol–water partition coefficient (Wildman–Crippen LogP) is 2.77. The van der Waals surface area contributed by atoms with Crippen LogP contribution in [0.25, 0.3) is 0 Å². The van der Waals surface area contributed by atoms with Crippen LogP contribution in [0.5, 0.6) is 11.5 Å². The lowest BCUT2D eigenvalue weighted by Crippen LogP contribution is -2.44. The van der Waals surface area contributed by atoms with Gasteiger partial charge in [-0.25, -0.2) is 10.2 Å². The molecule has 0 saturated heterocycles. The van der Waals surface area contributed by atoms with Gasteiger partial charge in [0.1, 0.15) is 0 Å². The summed E-state index contributed by atoms with van der Waals surface area (Å²) in [6, 6.07) is 11.4. The molecule has 0 heterocycles. The summed E-state index contributed by atoms with van der Waals surface area (Å²) in [5, 5.41) is 2.59. The number of halogens is 1. The summed E-state index contributed by atoms with van der Waals surface area (Å²) >= 11 is 2.05. The van der Waals surface area contributed by atoms with Crippen LogP contribution in [0, 0.1) is 3.57 Å². The second-order valence-corrected chi connectivity index (χ2v) is 5.75. The highest BCUT2D eigenvalue weighted by atomic mass is 127. The molecule has 0 saturated carbocycles. The first kappa shape index (κ1) is 17.9. The Hall–Kier alpha value is -2.49. The van der Waals surface area contributed by atoms with Crippen molar-refractivity contribution in [3.63, 3.8) is 0 Å². The molecule has 3 amide bonds. The summed E-state index contributed by atoms with van der Waals surface area (Å²) in [7, 11) is 3.03. The Morgan fingerprint density at radius 3 is 2.33 bits per heavy atom. The molecule has 7 nitrogen and oxygen atoms in total. The molecule has 0 aliphatic heterocycles. The summed E-state index contributed by atoms with van der Waals surface area (Å²) in [4.78, 5) is 23.9. The summed E-state index contributed by atoms with van der Waals surface area (Å²) < 4.78 is 11.1. The van der Waals surface area contributed by atoms with Crippen molar-refractivity contribution in [3.8, 4) is 11.5 Å². The van der Waals surface area contributed by atoms with Gasteiger partial charge in [-0.2, -0.15) is 0 Å². The van der Waals surface area contributed by atoms with Crippen LogP contribution in [0.15, 0.2) is 42.5 Å². The molecule has 24 heavy (non-hydrogen) atoms. The van der Waals surface area contributed by atoms with E-state index in [1.807, 2.05) is 6.07 Å². The summed E-state index contributed by atoms with van der Waals surface area (Å²) in [5.41, 5.74) is 5.62. The van der Waals surface area contributed by atoms with E-state index in [2.05, 4.69) is 38.8 Å². The van der Waals surface area contributed by atoms with Gasteiger partial charge in [0.15, 0.2) is 11.5 Å². The smallest absolute Gasteiger partial charge is 0.337 e. The molecule has 0 aliphatic rings. The Morgan fingerprint density at radius 1 is 0.958 bits per heavy atom. The first-order chi connectivity index (χ1) is 11.5. The lowest BCUT2D eigenvalue weighted by Gasteiger charge is -2.12. The van der Waals surface area contributed by atoms with Gasteiger partial charge in [-0.3, -0.25) is 10.2 Å². The first-order valence-electron chi connectivity index (χ1n) is 6.89. The van der Waals surface area contributed by atoms with E-state index >= 15 is 0 Å². The molecule has 0 fully saturated rings. The van der Waals surface area contributed by atoms with Crippen molar-refractivity contribution in [2.45, 2.75) is 0 Å². The van der Waals surface area contributed by atoms with Gasteiger partial charge in [-0.1, -0.05) is 12.1 Å². The topological polar surface area (TPSA) is 88.7 Å². The Bertz CT molecular complexity index is 752. The van der Waals surface area contributed by atoms with Crippen LogP contribution in [-0.2, 0) is 0 Å². The van der Waals surface area contributed by atoms with Gasteiger partial charge in [-0.05, 0) is 46.9 Å². The van der Waals surface area contributed by atoms with Crippen molar-refractivity contribution in [3.05, 3.63) is 51.6 Å². The maximum Gasteiger partial charge on any atom is 0.337 e. The van der Waals surface area contributed by atoms with Crippen LogP contribution >= 0.6 is 22.6 Å². The lowest BCUT2D eigenvalue weighted by atomic mass is 10.2. The van der Waals surface area contributed by atoms with E-state index in [4.69, 9.17) is 9.47 Å². The molecule has 2 aromatic carbocycles. The maximum atomic E-state index is 12.0. The van der Waals surface area contributed by atoms with Crippen molar-refractivity contribution >= 4 is 40.2 Å². The lowest BCUT2D eigenvalue weighted by molar-refractivity contribution is 0.0937. The number of rotatable bonds is 4. The third-order valence-corrected chi connectivity index (χ3v) is 3.99. The molecule has 2 aromatic rings. The first-order valence-corrected chi connectivity index (χ1v) is 7.97. The van der Waals surface area contributed by atoms with Gasteiger partial charge >= 0.3 is 6.03 Å². The largest absolute Gasteiger partial charge is 0.493 e. The molecule has 0 spiro atoms. The maximum absolute atomic E-state index is 12.0. The third-order valence-electron chi connectivity index (χ3n) is 3.05. The molecule has 0 unspecified atom stereocenters. The number of ether oxygens (including phenoxy) is 2. The Kier molecular flexibility index (Phi) is 6.24. The zero-order chi connectivity index (χ0) is 17.5. The average Bonchev–Trinajstić information content (AvgIpc) is 2.60. The van der Waals surface area contributed by atoms with Crippen LogP contribution in [0.3, 0.4) is 0 Å². The van der Waals surface area contributed by atoms with E-state index in [1.165, 1.54) is 14.2 Å². The number of hydrogen-bond donors (Lipinski definition) is 3. The quantitative estimate of drug-likeness (QED) is 0.503. The zero-order valence-electron chi connectivity index (χ0n) is 13.1. The number of nitrogens with one attached hydrogen (secondary N) is 3. The Balaban J connectivity index is 1.94. The van der Waals surface area contributed by atoms with Gasteiger partial charge in [0.25, 0.3) is 5.91 Å². The highest BCUT2D eigenvalue weighted by molar-refractivity contribution is 14.1. The molecule has 0 aliphatic carbocycles. The molecule has 126 valence electrons. The fourth-order valence-corrected chi connectivity index (χ4v) is 2.53. The summed E-state index contributed by atoms with van der Waals surface area (Å²) in [6.07, 6.45) is 0. The van der Waals surface area contributed by atoms with Crippen LogP contribution in [0.2, 0.25) is 0 Å². The van der Waals surface area contributed by atoms with Crippen molar-refractivity contribution in [1.29, 1.82) is 0 Å².